The molecule has 20 heavy (non-hydrogen) atoms. The fraction of sp³-hybridized carbons (Fsp3) is 0.692. The number of furan rings is 1. The molecule has 1 aromatic rings. The van der Waals surface area contributed by atoms with E-state index in [1.165, 1.54) is 0 Å². The van der Waals surface area contributed by atoms with Crippen LogP contribution in [0.1, 0.15) is 32.4 Å². The molecule has 2 N–H and O–H groups in total. The highest BCUT2D eigenvalue weighted by molar-refractivity contribution is 9.10. The maximum Gasteiger partial charge on any atom is 0.244 e. The molecule has 5 nitrogen and oxygen atoms in total. The summed E-state index contributed by atoms with van der Waals surface area (Å²) in [6.07, 6.45) is 2.18. The molecule has 7 heteroatoms. The highest BCUT2D eigenvalue weighted by Crippen LogP contribution is 2.51. The van der Waals surface area contributed by atoms with Crippen LogP contribution in [0.25, 0.3) is 0 Å². The molecule has 2 rings (SSSR count). The van der Waals surface area contributed by atoms with E-state index in [1.807, 2.05) is 0 Å². The topological polar surface area (TPSA) is 71.3 Å². The Balaban J connectivity index is 2.10. The second kappa shape index (κ2) is 5.79. The molecule has 1 aliphatic carbocycles. The van der Waals surface area contributed by atoms with Gasteiger partial charge in [0.1, 0.15) is 10.7 Å². The minimum absolute atomic E-state index is 0.136. The van der Waals surface area contributed by atoms with E-state index in [1.54, 1.807) is 13.1 Å². The predicted octanol–water partition coefficient (Wildman–Crippen LogP) is 2.48. The van der Waals surface area contributed by atoms with Crippen LogP contribution in [0.4, 0.5) is 0 Å². The Kier molecular flexibility index (Phi) is 4.63. The minimum atomic E-state index is -3.53. The molecular formula is C13H21BrN2O3S. The summed E-state index contributed by atoms with van der Waals surface area (Å²) >= 11 is 3.17. The molecule has 0 atom stereocenters. The van der Waals surface area contributed by atoms with Gasteiger partial charge in [0.05, 0.1) is 6.54 Å². The van der Waals surface area contributed by atoms with Gasteiger partial charge in [-0.2, -0.15) is 0 Å². The van der Waals surface area contributed by atoms with Crippen molar-refractivity contribution in [2.24, 2.45) is 11.3 Å². The van der Waals surface area contributed by atoms with Gasteiger partial charge in [-0.15, -0.1) is 0 Å². The van der Waals surface area contributed by atoms with Crippen LogP contribution in [0, 0.1) is 11.3 Å². The first-order chi connectivity index (χ1) is 9.31. The standard InChI is InChI=1S/C13H21BrN2O3S/c1-9(2)13(4-5-13)8-16-20(17,18)11-6-10(7-15-3)19-12(11)14/h6,9,15-16H,4-5,7-8H2,1-3H3. The molecule has 114 valence electrons. The van der Waals surface area contributed by atoms with Crippen LogP contribution in [-0.4, -0.2) is 22.0 Å². The summed E-state index contributed by atoms with van der Waals surface area (Å²) in [5.41, 5.74) is 0.136. The highest BCUT2D eigenvalue weighted by Gasteiger charge is 2.45. The van der Waals surface area contributed by atoms with E-state index in [0.717, 1.165) is 12.8 Å². The zero-order valence-electron chi connectivity index (χ0n) is 12.0. The highest BCUT2D eigenvalue weighted by atomic mass is 79.9. The van der Waals surface area contributed by atoms with Crippen molar-refractivity contribution in [1.82, 2.24) is 10.0 Å². The summed E-state index contributed by atoms with van der Waals surface area (Å²) in [7, 11) is -1.75. The monoisotopic (exact) mass is 364 g/mol. The molecule has 1 aromatic heterocycles. The van der Waals surface area contributed by atoms with E-state index >= 15 is 0 Å². The summed E-state index contributed by atoms with van der Waals surface area (Å²) in [4.78, 5) is 0.169. The minimum Gasteiger partial charge on any atom is -0.452 e. The second-order valence-corrected chi connectivity index (χ2v) is 8.18. The summed E-state index contributed by atoms with van der Waals surface area (Å²) in [6.45, 7) is 5.26. The molecule has 1 heterocycles. The normalized spacial score (nSPS) is 17.6. The Morgan fingerprint density at radius 1 is 1.45 bits per heavy atom. The van der Waals surface area contributed by atoms with Crippen LogP contribution in [0.2, 0.25) is 0 Å². The lowest BCUT2D eigenvalue weighted by Crippen LogP contribution is -2.32. The van der Waals surface area contributed by atoms with Gasteiger partial charge in [-0.3, -0.25) is 0 Å². The number of sulfonamides is 1. The van der Waals surface area contributed by atoms with Crippen LogP contribution >= 0.6 is 15.9 Å². The molecule has 1 saturated carbocycles. The first-order valence-electron chi connectivity index (χ1n) is 6.73. The summed E-state index contributed by atoms with van der Waals surface area (Å²) < 4.78 is 33.0. The Labute approximate surface area is 128 Å². The third-order valence-corrected chi connectivity index (χ3v) is 6.34. The van der Waals surface area contributed by atoms with Gasteiger partial charge in [-0.25, -0.2) is 13.1 Å². The third kappa shape index (κ3) is 3.27. The molecule has 0 aromatic carbocycles. The molecule has 0 saturated heterocycles. The molecule has 1 aliphatic rings. The average molecular weight is 365 g/mol. The summed E-state index contributed by atoms with van der Waals surface area (Å²) in [6, 6.07) is 1.55. The largest absolute Gasteiger partial charge is 0.452 e. The fourth-order valence-electron chi connectivity index (χ4n) is 2.28. The molecule has 0 radical (unpaired) electrons. The number of hydrogen-bond donors (Lipinski definition) is 2. The quantitative estimate of drug-likeness (QED) is 0.779. The van der Waals surface area contributed by atoms with Crippen molar-refractivity contribution in [1.29, 1.82) is 0 Å². The van der Waals surface area contributed by atoms with Crippen LogP contribution in [0.3, 0.4) is 0 Å². The summed E-state index contributed by atoms with van der Waals surface area (Å²) in [5, 5.41) is 2.93. The van der Waals surface area contributed by atoms with Crippen LogP contribution in [0.5, 0.6) is 0 Å². The van der Waals surface area contributed by atoms with Crippen molar-refractivity contribution in [2.75, 3.05) is 13.6 Å². The lowest BCUT2D eigenvalue weighted by molar-refractivity contribution is 0.357. The van der Waals surface area contributed by atoms with E-state index in [9.17, 15) is 8.42 Å². The van der Waals surface area contributed by atoms with Crippen LogP contribution < -0.4 is 10.0 Å². The van der Waals surface area contributed by atoms with Gasteiger partial charge in [-0.05, 0) is 47.2 Å². The molecule has 0 aliphatic heterocycles. The third-order valence-electron chi connectivity index (χ3n) is 4.08. The van der Waals surface area contributed by atoms with Gasteiger partial charge in [0.25, 0.3) is 0 Å². The molecule has 1 fully saturated rings. The van der Waals surface area contributed by atoms with Crippen molar-refractivity contribution in [3.8, 4) is 0 Å². The van der Waals surface area contributed by atoms with E-state index in [2.05, 4.69) is 39.8 Å². The van der Waals surface area contributed by atoms with Gasteiger partial charge in [0.15, 0.2) is 4.67 Å². The van der Waals surface area contributed by atoms with Crippen molar-refractivity contribution < 1.29 is 12.8 Å². The smallest absolute Gasteiger partial charge is 0.244 e. The van der Waals surface area contributed by atoms with E-state index in [4.69, 9.17) is 4.42 Å². The van der Waals surface area contributed by atoms with E-state index < -0.39 is 10.0 Å². The maximum absolute atomic E-state index is 12.3. The Morgan fingerprint density at radius 2 is 2.10 bits per heavy atom. The van der Waals surface area contributed by atoms with Crippen molar-refractivity contribution >= 4 is 26.0 Å². The number of halogens is 1. The average Bonchev–Trinajstić information content (AvgIpc) is 3.07. The zero-order chi connectivity index (χ0) is 15.0. The summed E-state index contributed by atoms with van der Waals surface area (Å²) in [5.74, 6) is 1.07. The van der Waals surface area contributed by atoms with E-state index in [-0.39, 0.29) is 15.0 Å². The Bertz CT molecular complexity index is 576. The molecule has 0 bridgehead atoms. The van der Waals surface area contributed by atoms with Crippen LogP contribution in [0.15, 0.2) is 20.0 Å². The van der Waals surface area contributed by atoms with Crippen LogP contribution in [-0.2, 0) is 16.6 Å². The Morgan fingerprint density at radius 3 is 2.60 bits per heavy atom. The molecule has 0 spiro atoms. The molecule has 0 amide bonds. The lowest BCUT2D eigenvalue weighted by Gasteiger charge is -2.19. The predicted molar refractivity (Wildman–Crippen MR) is 80.9 cm³/mol. The Hall–Kier alpha value is -0.370. The SMILES string of the molecule is CNCc1cc(S(=O)(=O)NCC2(C(C)C)CC2)c(Br)o1. The van der Waals surface area contributed by atoms with Crippen molar-refractivity contribution in [2.45, 2.75) is 38.1 Å². The van der Waals surface area contributed by atoms with Gasteiger partial charge in [0, 0.05) is 12.6 Å². The second-order valence-electron chi connectivity index (χ2n) is 5.72. The first-order valence-corrected chi connectivity index (χ1v) is 9.01. The number of rotatable bonds is 7. The van der Waals surface area contributed by atoms with Crippen molar-refractivity contribution in [3.05, 3.63) is 16.5 Å². The van der Waals surface area contributed by atoms with E-state index in [0.29, 0.717) is 24.8 Å². The van der Waals surface area contributed by atoms with Gasteiger partial charge in [0.2, 0.25) is 10.0 Å². The van der Waals surface area contributed by atoms with Gasteiger partial charge < -0.3 is 9.73 Å². The zero-order valence-corrected chi connectivity index (χ0v) is 14.4. The number of hydrogen-bond acceptors (Lipinski definition) is 4. The van der Waals surface area contributed by atoms with Gasteiger partial charge >= 0.3 is 0 Å². The first kappa shape index (κ1) is 16.0. The number of nitrogens with one attached hydrogen (secondary N) is 2. The fourth-order valence-corrected chi connectivity index (χ4v) is 4.41. The molecular weight excluding hydrogens is 344 g/mol. The van der Waals surface area contributed by atoms with Gasteiger partial charge in [-0.1, -0.05) is 13.8 Å². The maximum atomic E-state index is 12.3. The molecule has 0 unspecified atom stereocenters. The lowest BCUT2D eigenvalue weighted by atomic mass is 9.93. The van der Waals surface area contributed by atoms with Crippen molar-refractivity contribution in [3.63, 3.8) is 0 Å².